The second-order valence-corrected chi connectivity index (χ2v) is 4.19. The Bertz CT molecular complexity index is 450. The summed E-state index contributed by atoms with van der Waals surface area (Å²) in [5, 5.41) is 7.39. The molecular weight excluding hydrogens is 226 g/mol. The summed E-state index contributed by atoms with van der Waals surface area (Å²) in [6.45, 7) is 0. The average Bonchev–Trinajstić information content (AvgIpc) is 2.51. The Hall–Kier alpha value is -1.01. The van der Waals surface area contributed by atoms with Crippen molar-refractivity contribution < 1.29 is 8.78 Å². The summed E-state index contributed by atoms with van der Waals surface area (Å²) in [6.07, 6.45) is 0. The summed E-state index contributed by atoms with van der Waals surface area (Å²) in [4.78, 5) is 0. The van der Waals surface area contributed by atoms with Gasteiger partial charge in [-0.05, 0) is 12.1 Å². The summed E-state index contributed by atoms with van der Waals surface area (Å²) in [5.74, 6) is -1.29. The normalized spacial score (nSPS) is 10.5. The van der Waals surface area contributed by atoms with E-state index < -0.39 is 11.6 Å². The molecule has 0 aliphatic rings. The van der Waals surface area contributed by atoms with E-state index >= 15 is 0 Å². The molecule has 0 radical (unpaired) electrons. The summed E-state index contributed by atoms with van der Waals surface area (Å²) in [7, 11) is 0. The van der Waals surface area contributed by atoms with Crippen LogP contribution in [0.1, 0.15) is 0 Å². The third-order valence-corrected chi connectivity index (χ3v) is 2.70. The zero-order valence-electron chi connectivity index (χ0n) is 6.74. The molecule has 0 N–H and O–H groups in total. The highest BCUT2D eigenvalue weighted by Crippen LogP contribution is 2.29. The number of hydrogen-bond donors (Lipinski definition) is 1. The number of benzene rings is 1. The molecular formula is C8H4F2N2S2. The van der Waals surface area contributed by atoms with Crippen molar-refractivity contribution in [2.45, 2.75) is 4.34 Å². The van der Waals surface area contributed by atoms with Gasteiger partial charge in [-0.25, -0.2) is 8.78 Å². The van der Waals surface area contributed by atoms with Gasteiger partial charge in [-0.3, -0.25) is 0 Å². The summed E-state index contributed by atoms with van der Waals surface area (Å²) < 4.78 is 26.8. The fraction of sp³-hybridized carbons (Fsp3) is 0. The number of halogens is 2. The van der Waals surface area contributed by atoms with Crippen LogP contribution in [0, 0.1) is 11.6 Å². The van der Waals surface area contributed by atoms with E-state index in [4.69, 9.17) is 0 Å². The fourth-order valence-corrected chi connectivity index (χ4v) is 1.96. The largest absolute Gasteiger partial charge is 0.206 e. The van der Waals surface area contributed by atoms with Crippen LogP contribution in [0.15, 0.2) is 22.5 Å². The highest BCUT2D eigenvalue weighted by atomic mass is 32.2. The molecule has 72 valence electrons. The second kappa shape index (κ2) is 3.62. The van der Waals surface area contributed by atoms with Crippen molar-refractivity contribution in [1.29, 1.82) is 0 Å². The highest BCUT2D eigenvalue weighted by Gasteiger charge is 2.14. The van der Waals surface area contributed by atoms with Crippen LogP contribution in [-0.4, -0.2) is 10.2 Å². The molecule has 0 aliphatic heterocycles. The van der Waals surface area contributed by atoms with Crippen molar-refractivity contribution in [3.8, 4) is 10.6 Å². The van der Waals surface area contributed by atoms with Crippen LogP contribution in [-0.2, 0) is 0 Å². The van der Waals surface area contributed by atoms with Gasteiger partial charge < -0.3 is 0 Å². The van der Waals surface area contributed by atoms with E-state index in [2.05, 4.69) is 22.8 Å². The minimum atomic E-state index is -0.644. The zero-order chi connectivity index (χ0) is 10.1. The van der Waals surface area contributed by atoms with Crippen LogP contribution in [0.4, 0.5) is 8.78 Å². The molecule has 0 atom stereocenters. The highest BCUT2D eigenvalue weighted by molar-refractivity contribution is 7.82. The lowest BCUT2D eigenvalue weighted by Gasteiger charge is -1.98. The maximum atomic E-state index is 13.2. The van der Waals surface area contributed by atoms with E-state index in [0.717, 1.165) is 11.3 Å². The number of rotatable bonds is 1. The first-order valence-corrected chi connectivity index (χ1v) is 4.91. The van der Waals surface area contributed by atoms with Gasteiger partial charge in [0, 0.05) is 0 Å². The van der Waals surface area contributed by atoms with E-state index in [0.29, 0.717) is 4.34 Å². The smallest absolute Gasteiger partial charge is 0.171 e. The lowest BCUT2D eigenvalue weighted by molar-refractivity contribution is 0.589. The molecule has 0 unspecified atom stereocenters. The average molecular weight is 230 g/mol. The van der Waals surface area contributed by atoms with Crippen molar-refractivity contribution >= 4 is 24.0 Å². The topological polar surface area (TPSA) is 25.8 Å². The maximum Gasteiger partial charge on any atom is 0.171 e. The van der Waals surface area contributed by atoms with Crippen molar-refractivity contribution in [3.63, 3.8) is 0 Å². The third kappa shape index (κ3) is 1.62. The molecule has 2 aromatic rings. The molecule has 1 aromatic heterocycles. The molecule has 1 aromatic carbocycles. The summed E-state index contributed by atoms with van der Waals surface area (Å²) in [6, 6.07) is 3.66. The van der Waals surface area contributed by atoms with Gasteiger partial charge in [0.15, 0.2) is 9.35 Å². The molecule has 0 fully saturated rings. The molecule has 6 heteroatoms. The van der Waals surface area contributed by atoms with Crippen LogP contribution in [0.5, 0.6) is 0 Å². The number of aromatic nitrogens is 2. The third-order valence-electron chi connectivity index (χ3n) is 1.59. The first-order valence-electron chi connectivity index (χ1n) is 3.65. The van der Waals surface area contributed by atoms with Gasteiger partial charge in [-0.1, -0.05) is 17.4 Å². The number of nitrogens with zero attached hydrogens (tertiary/aromatic N) is 2. The van der Waals surface area contributed by atoms with Gasteiger partial charge in [0.05, 0.1) is 5.56 Å². The van der Waals surface area contributed by atoms with E-state index in [1.54, 1.807) is 0 Å². The van der Waals surface area contributed by atoms with Gasteiger partial charge in [-0.15, -0.1) is 22.8 Å². The lowest BCUT2D eigenvalue weighted by Crippen LogP contribution is -1.88. The molecule has 0 spiro atoms. The predicted octanol–water partition coefficient (Wildman–Crippen LogP) is 2.77. The van der Waals surface area contributed by atoms with Gasteiger partial charge in [0.2, 0.25) is 0 Å². The van der Waals surface area contributed by atoms with Crippen LogP contribution in [0.2, 0.25) is 0 Å². The van der Waals surface area contributed by atoms with Crippen molar-refractivity contribution in [1.82, 2.24) is 10.2 Å². The first kappa shape index (κ1) is 9.54. The monoisotopic (exact) mass is 230 g/mol. The Kier molecular flexibility index (Phi) is 2.47. The number of hydrogen-bond acceptors (Lipinski definition) is 4. The SMILES string of the molecule is Fc1cccc(F)c1-c1nnc(S)s1. The molecule has 2 rings (SSSR count). The van der Waals surface area contributed by atoms with E-state index in [9.17, 15) is 8.78 Å². The Morgan fingerprint density at radius 3 is 2.29 bits per heavy atom. The number of thiol groups is 1. The molecule has 14 heavy (non-hydrogen) atoms. The van der Waals surface area contributed by atoms with Crippen molar-refractivity contribution in [2.24, 2.45) is 0 Å². The van der Waals surface area contributed by atoms with Gasteiger partial charge in [0.25, 0.3) is 0 Å². The quantitative estimate of drug-likeness (QED) is 0.762. The Morgan fingerprint density at radius 2 is 1.79 bits per heavy atom. The van der Waals surface area contributed by atoms with Crippen LogP contribution < -0.4 is 0 Å². The molecule has 0 amide bonds. The maximum absolute atomic E-state index is 13.2. The molecule has 0 bridgehead atoms. The van der Waals surface area contributed by atoms with Crippen LogP contribution in [0.3, 0.4) is 0 Å². The van der Waals surface area contributed by atoms with Crippen molar-refractivity contribution in [3.05, 3.63) is 29.8 Å². The van der Waals surface area contributed by atoms with E-state index in [1.807, 2.05) is 0 Å². The first-order chi connectivity index (χ1) is 6.68. The predicted molar refractivity (Wildman–Crippen MR) is 52.5 cm³/mol. The van der Waals surface area contributed by atoms with Crippen LogP contribution >= 0.6 is 24.0 Å². The molecule has 1 heterocycles. The van der Waals surface area contributed by atoms with Crippen molar-refractivity contribution in [2.75, 3.05) is 0 Å². The Balaban J connectivity index is 2.61. The molecule has 0 aliphatic carbocycles. The Morgan fingerprint density at radius 1 is 1.14 bits per heavy atom. The molecule has 0 saturated carbocycles. The standard InChI is InChI=1S/C8H4F2N2S2/c9-4-2-1-3-5(10)6(4)7-11-12-8(13)14-7/h1-3H,(H,12,13). The second-order valence-electron chi connectivity index (χ2n) is 2.49. The lowest BCUT2D eigenvalue weighted by atomic mass is 10.2. The zero-order valence-corrected chi connectivity index (χ0v) is 8.45. The van der Waals surface area contributed by atoms with E-state index in [-0.39, 0.29) is 10.6 Å². The van der Waals surface area contributed by atoms with Gasteiger partial charge in [-0.2, -0.15) is 0 Å². The fourth-order valence-electron chi connectivity index (χ4n) is 1.02. The van der Waals surface area contributed by atoms with Gasteiger partial charge >= 0.3 is 0 Å². The molecule has 2 nitrogen and oxygen atoms in total. The summed E-state index contributed by atoms with van der Waals surface area (Å²) in [5.41, 5.74) is -0.148. The van der Waals surface area contributed by atoms with Crippen LogP contribution in [0.25, 0.3) is 10.6 Å². The van der Waals surface area contributed by atoms with E-state index in [1.165, 1.54) is 18.2 Å². The van der Waals surface area contributed by atoms with Gasteiger partial charge in [0.1, 0.15) is 11.6 Å². The molecule has 0 saturated heterocycles. The Labute approximate surface area is 88.0 Å². The minimum Gasteiger partial charge on any atom is -0.206 e. The minimum absolute atomic E-state index is 0.148. The summed E-state index contributed by atoms with van der Waals surface area (Å²) >= 11 is 4.95.